The molecule has 0 aromatic heterocycles. The van der Waals surface area contributed by atoms with Gasteiger partial charge in [-0.05, 0) is 36.8 Å². The van der Waals surface area contributed by atoms with Crippen LogP contribution in [-0.4, -0.2) is 50.1 Å². The van der Waals surface area contributed by atoms with Crippen LogP contribution in [0.15, 0.2) is 29.3 Å². The monoisotopic (exact) mass is 372 g/mol. The molecule has 2 N–H and O–H groups in total. The Morgan fingerprint density at radius 3 is 2.81 bits per heavy atom. The number of likely N-dealkylation sites (tertiary alicyclic amines) is 1. The van der Waals surface area contributed by atoms with Gasteiger partial charge < -0.3 is 20.3 Å². The number of guanidine groups is 1. The highest BCUT2D eigenvalue weighted by Gasteiger charge is 2.39. The predicted octanol–water partition coefficient (Wildman–Crippen LogP) is 3.26. The summed E-state index contributed by atoms with van der Waals surface area (Å²) in [6, 6.07) is 7.46. The van der Waals surface area contributed by atoms with E-state index in [1.807, 2.05) is 31.3 Å². The normalized spacial score (nSPS) is 19.2. The van der Waals surface area contributed by atoms with Crippen molar-refractivity contribution >= 4 is 17.6 Å². The molecule has 1 aromatic rings. The van der Waals surface area contributed by atoms with Crippen molar-refractivity contribution < 1.29 is 9.53 Å². The van der Waals surface area contributed by atoms with E-state index < -0.39 is 0 Å². The molecule has 2 fully saturated rings. The number of nitrogens with zero attached hydrogens (tertiary/aromatic N) is 2. The van der Waals surface area contributed by atoms with E-state index in [4.69, 9.17) is 4.74 Å². The Morgan fingerprint density at radius 2 is 2.07 bits per heavy atom. The lowest BCUT2D eigenvalue weighted by molar-refractivity contribution is -0.114. The van der Waals surface area contributed by atoms with Crippen molar-refractivity contribution in [2.24, 2.45) is 10.4 Å². The molecule has 1 aromatic carbocycles. The van der Waals surface area contributed by atoms with E-state index in [-0.39, 0.29) is 5.91 Å². The molecule has 1 heterocycles. The maximum atomic E-state index is 11.2. The van der Waals surface area contributed by atoms with Crippen molar-refractivity contribution in [1.29, 1.82) is 0 Å². The highest BCUT2D eigenvalue weighted by molar-refractivity contribution is 5.88. The quantitative estimate of drug-likeness (QED) is 0.473. The van der Waals surface area contributed by atoms with Crippen LogP contribution in [0.1, 0.15) is 45.4 Å². The Hall–Kier alpha value is -2.24. The van der Waals surface area contributed by atoms with Gasteiger partial charge in [0.25, 0.3) is 0 Å². The molecule has 0 unspecified atom stereocenters. The maximum absolute atomic E-state index is 11.2. The lowest BCUT2D eigenvalue weighted by Crippen LogP contribution is -2.43. The first-order chi connectivity index (χ1) is 13.1. The lowest BCUT2D eigenvalue weighted by Gasteiger charge is -2.33. The number of ether oxygens (including phenoxy) is 1. The summed E-state index contributed by atoms with van der Waals surface area (Å²) >= 11 is 0. The summed E-state index contributed by atoms with van der Waals surface area (Å²) in [5, 5.41) is 6.20. The molecule has 1 amide bonds. The van der Waals surface area contributed by atoms with Gasteiger partial charge in [0.2, 0.25) is 5.91 Å². The fourth-order valence-corrected chi connectivity index (χ4v) is 4.36. The topological polar surface area (TPSA) is 66.0 Å². The number of hydrogen-bond acceptors (Lipinski definition) is 3. The molecule has 1 spiro atoms. The Bertz CT molecular complexity index is 668. The molecule has 1 aliphatic carbocycles. The molecule has 6 heteroatoms. The number of benzene rings is 1. The third-order valence-corrected chi connectivity index (χ3v) is 5.67. The fraction of sp³-hybridized carbons (Fsp3) is 0.619. The van der Waals surface area contributed by atoms with Crippen molar-refractivity contribution in [3.63, 3.8) is 0 Å². The number of anilines is 1. The smallest absolute Gasteiger partial charge is 0.221 e. The van der Waals surface area contributed by atoms with E-state index >= 15 is 0 Å². The van der Waals surface area contributed by atoms with Crippen LogP contribution in [0.25, 0.3) is 0 Å². The molecule has 3 rings (SSSR count). The number of carbonyl (C=O) groups excluding carboxylic acids is 1. The molecule has 6 nitrogen and oxygen atoms in total. The van der Waals surface area contributed by atoms with E-state index in [0.29, 0.717) is 18.6 Å². The standard InChI is InChI=1S/C21H32N4O2/c1-17(26)24-18-7-6-8-19(15-18)27-14-12-23-20(22-2)25-13-11-21(16-25)9-4-3-5-10-21/h6-8,15H,3-5,9-14,16H2,1-2H3,(H,22,23)(H,24,26). The highest BCUT2D eigenvalue weighted by Crippen LogP contribution is 2.43. The molecular formula is C21H32N4O2. The molecule has 1 saturated carbocycles. The van der Waals surface area contributed by atoms with Crippen molar-refractivity contribution in [1.82, 2.24) is 10.2 Å². The minimum absolute atomic E-state index is 0.0843. The Labute approximate surface area is 162 Å². The summed E-state index contributed by atoms with van der Waals surface area (Å²) in [6.07, 6.45) is 8.19. The van der Waals surface area contributed by atoms with Crippen molar-refractivity contribution in [2.75, 3.05) is 38.6 Å². The summed E-state index contributed by atoms with van der Waals surface area (Å²) in [4.78, 5) is 18.0. The zero-order valence-electron chi connectivity index (χ0n) is 16.6. The van der Waals surface area contributed by atoms with Gasteiger partial charge in [-0.25, -0.2) is 0 Å². The van der Waals surface area contributed by atoms with Gasteiger partial charge in [0, 0.05) is 38.8 Å². The highest BCUT2D eigenvalue weighted by atomic mass is 16.5. The van der Waals surface area contributed by atoms with Crippen LogP contribution >= 0.6 is 0 Å². The second-order valence-electron chi connectivity index (χ2n) is 7.76. The molecule has 0 atom stereocenters. The third kappa shape index (κ3) is 5.37. The van der Waals surface area contributed by atoms with Gasteiger partial charge >= 0.3 is 0 Å². The SMILES string of the molecule is CN=C(NCCOc1cccc(NC(C)=O)c1)N1CCC2(CCCCC2)C1. The minimum atomic E-state index is -0.0843. The molecule has 1 aliphatic heterocycles. The zero-order chi connectivity index (χ0) is 19.1. The number of aliphatic imine (C=N–C) groups is 1. The maximum Gasteiger partial charge on any atom is 0.221 e. The lowest BCUT2D eigenvalue weighted by atomic mass is 9.73. The third-order valence-electron chi connectivity index (χ3n) is 5.67. The van der Waals surface area contributed by atoms with Crippen LogP contribution in [0.5, 0.6) is 5.75 Å². The first-order valence-corrected chi connectivity index (χ1v) is 10.1. The van der Waals surface area contributed by atoms with Gasteiger partial charge in [0.15, 0.2) is 5.96 Å². The van der Waals surface area contributed by atoms with Gasteiger partial charge in [0.05, 0.1) is 6.54 Å². The van der Waals surface area contributed by atoms with Crippen LogP contribution in [-0.2, 0) is 4.79 Å². The molecule has 2 aliphatic rings. The van der Waals surface area contributed by atoms with Crippen LogP contribution in [0.4, 0.5) is 5.69 Å². The molecule has 1 saturated heterocycles. The zero-order valence-corrected chi connectivity index (χ0v) is 16.6. The van der Waals surface area contributed by atoms with Crippen LogP contribution in [0.2, 0.25) is 0 Å². The molecule has 0 radical (unpaired) electrons. The summed E-state index contributed by atoms with van der Waals surface area (Å²) in [5.74, 6) is 1.65. The van der Waals surface area contributed by atoms with E-state index in [1.165, 1.54) is 45.4 Å². The average Bonchev–Trinajstić information content (AvgIpc) is 3.05. The summed E-state index contributed by atoms with van der Waals surface area (Å²) in [5.41, 5.74) is 1.27. The van der Waals surface area contributed by atoms with Gasteiger partial charge in [0.1, 0.15) is 12.4 Å². The van der Waals surface area contributed by atoms with Gasteiger partial charge in [-0.1, -0.05) is 25.3 Å². The molecule has 148 valence electrons. The van der Waals surface area contributed by atoms with E-state index in [0.717, 1.165) is 30.5 Å². The minimum Gasteiger partial charge on any atom is -0.492 e. The van der Waals surface area contributed by atoms with E-state index in [9.17, 15) is 4.79 Å². The number of carbonyl (C=O) groups is 1. The number of nitrogens with one attached hydrogen (secondary N) is 2. The first kappa shape index (κ1) is 19.5. The van der Waals surface area contributed by atoms with E-state index in [2.05, 4.69) is 20.5 Å². The van der Waals surface area contributed by atoms with Gasteiger partial charge in [-0.3, -0.25) is 9.79 Å². The number of hydrogen-bond donors (Lipinski definition) is 2. The summed E-state index contributed by atoms with van der Waals surface area (Å²) in [7, 11) is 1.85. The fourth-order valence-electron chi connectivity index (χ4n) is 4.36. The molecular weight excluding hydrogens is 340 g/mol. The number of rotatable bonds is 5. The van der Waals surface area contributed by atoms with Crippen molar-refractivity contribution in [2.45, 2.75) is 45.4 Å². The first-order valence-electron chi connectivity index (χ1n) is 10.1. The molecule has 0 bridgehead atoms. The van der Waals surface area contributed by atoms with Crippen molar-refractivity contribution in [3.05, 3.63) is 24.3 Å². The summed E-state index contributed by atoms with van der Waals surface area (Å²) in [6.45, 7) is 4.96. The molecule has 27 heavy (non-hydrogen) atoms. The van der Waals surface area contributed by atoms with Gasteiger partial charge in [-0.2, -0.15) is 0 Å². The predicted molar refractivity (Wildman–Crippen MR) is 109 cm³/mol. The second-order valence-corrected chi connectivity index (χ2v) is 7.76. The van der Waals surface area contributed by atoms with Crippen LogP contribution in [0, 0.1) is 5.41 Å². The van der Waals surface area contributed by atoms with Crippen molar-refractivity contribution in [3.8, 4) is 5.75 Å². The Kier molecular flexibility index (Phi) is 6.58. The Balaban J connectivity index is 1.43. The van der Waals surface area contributed by atoms with Gasteiger partial charge in [-0.15, -0.1) is 0 Å². The number of amides is 1. The Morgan fingerprint density at radius 1 is 1.26 bits per heavy atom. The van der Waals surface area contributed by atoms with Crippen LogP contribution < -0.4 is 15.4 Å². The second kappa shape index (κ2) is 9.11. The van der Waals surface area contributed by atoms with Crippen LogP contribution in [0.3, 0.4) is 0 Å². The summed E-state index contributed by atoms with van der Waals surface area (Å²) < 4.78 is 5.81. The van der Waals surface area contributed by atoms with E-state index in [1.54, 1.807) is 0 Å². The average molecular weight is 373 g/mol. The largest absolute Gasteiger partial charge is 0.492 e.